The Balaban J connectivity index is 2.37. The van der Waals surface area contributed by atoms with E-state index in [0.29, 0.717) is 17.7 Å². The third kappa shape index (κ3) is 4.41. The van der Waals surface area contributed by atoms with Crippen LogP contribution in [-0.4, -0.2) is 32.6 Å². The number of hydrogen-bond donors (Lipinski definition) is 1. The molecular formula is C13H12F3N5O3S. The predicted molar refractivity (Wildman–Crippen MR) is 84.3 cm³/mol. The fourth-order valence-electron chi connectivity index (χ4n) is 1.80. The number of ether oxygens (including phenoxy) is 1. The van der Waals surface area contributed by atoms with E-state index in [0.717, 1.165) is 12.3 Å². The number of nitrogens with one attached hydrogen (secondary N) is 1. The van der Waals surface area contributed by atoms with E-state index in [4.69, 9.17) is 17.0 Å². The van der Waals surface area contributed by atoms with Crippen LogP contribution in [0.2, 0.25) is 0 Å². The van der Waals surface area contributed by atoms with Crippen LogP contribution in [0, 0.1) is 14.9 Å². The fraction of sp³-hybridized carbons (Fsp3) is 0.308. The lowest BCUT2D eigenvalue weighted by Crippen LogP contribution is -2.12. The quantitative estimate of drug-likeness (QED) is 0.360. The van der Waals surface area contributed by atoms with Crippen molar-refractivity contribution >= 4 is 24.1 Å². The Bertz CT molecular complexity index is 859. The monoisotopic (exact) mass is 375 g/mol. The van der Waals surface area contributed by atoms with Crippen LogP contribution in [-0.2, 0) is 6.18 Å². The number of H-pyrrole nitrogens is 1. The van der Waals surface area contributed by atoms with Gasteiger partial charge in [-0.25, -0.2) is 5.10 Å². The van der Waals surface area contributed by atoms with Crippen LogP contribution < -0.4 is 4.74 Å². The van der Waals surface area contributed by atoms with Gasteiger partial charge < -0.3 is 4.74 Å². The number of halogens is 3. The predicted octanol–water partition coefficient (Wildman–Crippen LogP) is 3.54. The number of aromatic amines is 1. The molecule has 0 radical (unpaired) electrons. The van der Waals surface area contributed by atoms with Crippen LogP contribution in [0.15, 0.2) is 23.3 Å². The molecule has 8 nitrogen and oxygen atoms in total. The van der Waals surface area contributed by atoms with Crippen molar-refractivity contribution in [2.45, 2.75) is 19.5 Å². The summed E-state index contributed by atoms with van der Waals surface area (Å²) in [7, 11) is 0. The van der Waals surface area contributed by atoms with Gasteiger partial charge in [0.15, 0.2) is 5.75 Å². The summed E-state index contributed by atoms with van der Waals surface area (Å²) in [6.07, 6.45) is -3.08. The molecule has 0 unspecified atom stereocenters. The minimum atomic E-state index is -4.76. The van der Waals surface area contributed by atoms with Gasteiger partial charge in [-0.2, -0.15) is 22.9 Å². The third-order valence-corrected chi connectivity index (χ3v) is 3.13. The fourth-order valence-corrected chi connectivity index (χ4v) is 1.98. The zero-order valence-corrected chi connectivity index (χ0v) is 13.6. The zero-order chi connectivity index (χ0) is 18.6. The SMILES string of the molecule is CCCOc1ccc(/C=N\n2c(C(F)(F)F)n[nH]c2=S)cc1[N+](=O)[O-]. The molecule has 134 valence electrons. The molecule has 0 amide bonds. The van der Waals surface area contributed by atoms with Gasteiger partial charge in [0, 0.05) is 11.6 Å². The first-order valence-corrected chi connectivity index (χ1v) is 7.35. The minimum Gasteiger partial charge on any atom is -0.487 e. The molecule has 25 heavy (non-hydrogen) atoms. The molecule has 1 aromatic heterocycles. The van der Waals surface area contributed by atoms with Crippen molar-refractivity contribution < 1.29 is 22.8 Å². The molecule has 1 aromatic carbocycles. The van der Waals surface area contributed by atoms with Gasteiger partial charge in [-0.15, -0.1) is 5.10 Å². The van der Waals surface area contributed by atoms with Crippen molar-refractivity contribution in [1.29, 1.82) is 0 Å². The lowest BCUT2D eigenvalue weighted by Gasteiger charge is -2.06. The number of benzene rings is 1. The number of nitro groups is 1. The Hall–Kier alpha value is -2.76. The van der Waals surface area contributed by atoms with Crippen molar-refractivity contribution in [3.8, 4) is 5.75 Å². The Kier molecular flexibility index (Phi) is 5.51. The van der Waals surface area contributed by atoms with Crippen LogP contribution in [0.4, 0.5) is 18.9 Å². The molecule has 0 aliphatic rings. The topological polar surface area (TPSA) is 98.3 Å². The first-order valence-electron chi connectivity index (χ1n) is 6.94. The second-order valence-electron chi connectivity index (χ2n) is 4.74. The second-order valence-corrected chi connectivity index (χ2v) is 5.13. The van der Waals surface area contributed by atoms with Crippen LogP contribution >= 0.6 is 12.2 Å². The van der Waals surface area contributed by atoms with Crippen molar-refractivity contribution in [3.05, 3.63) is 44.5 Å². The molecule has 0 aliphatic carbocycles. The number of hydrogen-bond acceptors (Lipinski definition) is 6. The normalized spacial score (nSPS) is 11.8. The van der Waals surface area contributed by atoms with Crippen LogP contribution in [0.3, 0.4) is 0 Å². The van der Waals surface area contributed by atoms with Gasteiger partial charge in [0.1, 0.15) is 0 Å². The van der Waals surface area contributed by atoms with Crippen molar-refractivity contribution in [2.24, 2.45) is 5.10 Å². The maximum atomic E-state index is 12.8. The average Bonchev–Trinajstić information content (AvgIpc) is 2.92. The van der Waals surface area contributed by atoms with Gasteiger partial charge in [0.05, 0.1) is 17.7 Å². The van der Waals surface area contributed by atoms with Crippen molar-refractivity contribution in [2.75, 3.05) is 6.61 Å². The Labute approximate surface area is 144 Å². The van der Waals surface area contributed by atoms with Gasteiger partial charge in [0.2, 0.25) is 4.77 Å². The summed E-state index contributed by atoms with van der Waals surface area (Å²) in [6.45, 7) is 2.15. The summed E-state index contributed by atoms with van der Waals surface area (Å²) >= 11 is 4.70. The van der Waals surface area contributed by atoms with E-state index >= 15 is 0 Å². The molecule has 0 saturated heterocycles. The van der Waals surface area contributed by atoms with Crippen LogP contribution in [0.25, 0.3) is 0 Å². The number of nitro benzene ring substituents is 1. The van der Waals surface area contributed by atoms with Crippen LogP contribution in [0.5, 0.6) is 5.75 Å². The van der Waals surface area contributed by atoms with E-state index < -0.39 is 16.9 Å². The van der Waals surface area contributed by atoms with Gasteiger partial charge >= 0.3 is 11.9 Å². The molecule has 2 aromatic rings. The average molecular weight is 375 g/mol. The summed E-state index contributed by atoms with van der Waals surface area (Å²) < 4.78 is 43.7. The number of nitrogens with zero attached hydrogens (tertiary/aromatic N) is 4. The van der Waals surface area contributed by atoms with E-state index in [1.54, 1.807) is 0 Å². The highest BCUT2D eigenvalue weighted by Gasteiger charge is 2.37. The second kappa shape index (κ2) is 7.42. The lowest BCUT2D eigenvalue weighted by molar-refractivity contribution is -0.385. The number of alkyl halides is 3. The van der Waals surface area contributed by atoms with E-state index in [2.05, 4.69) is 10.2 Å². The first kappa shape index (κ1) is 18.6. The highest BCUT2D eigenvalue weighted by molar-refractivity contribution is 7.71. The zero-order valence-electron chi connectivity index (χ0n) is 12.8. The van der Waals surface area contributed by atoms with E-state index in [9.17, 15) is 23.3 Å². The summed E-state index contributed by atoms with van der Waals surface area (Å²) in [5, 5.41) is 19.8. The summed E-state index contributed by atoms with van der Waals surface area (Å²) in [5.41, 5.74) is -0.115. The first-order chi connectivity index (χ1) is 11.7. The molecule has 2 rings (SSSR count). The Morgan fingerprint density at radius 2 is 2.24 bits per heavy atom. The van der Waals surface area contributed by atoms with Gasteiger partial charge in [-0.3, -0.25) is 10.1 Å². The molecule has 0 aliphatic heterocycles. The van der Waals surface area contributed by atoms with Gasteiger partial charge in [0.25, 0.3) is 5.82 Å². The highest BCUT2D eigenvalue weighted by Crippen LogP contribution is 2.29. The molecule has 0 spiro atoms. The number of aromatic nitrogens is 3. The van der Waals surface area contributed by atoms with E-state index in [1.165, 1.54) is 12.1 Å². The molecule has 0 atom stereocenters. The van der Waals surface area contributed by atoms with Gasteiger partial charge in [-0.1, -0.05) is 6.92 Å². The maximum absolute atomic E-state index is 12.8. The van der Waals surface area contributed by atoms with Gasteiger partial charge in [-0.05, 0) is 30.8 Å². The third-order valence-electron chi connectivity index (χ3n) is 2.87. The Morgan fingerprint density at radius 3 is 2.84 bits per heavy atom. The summed E-state index contributed by atoms with van der Waals surface area (Å²) in [6, 6.07) is 3.93. The standard InChI is InChI=1S/C13H12F3N5O3S/c1-2-5-24-10-4-3-8(6-9(10)21(22)23)7-17-20-11(13(14,15)16)18-19-12(20)25/h3-4,6-7H,2,5H2,1H3,(H,19,25)/b17-7-. The summed E-state index contributed by atoms with van der Waals surface area (Å²) in [4.78, 5) is 10.5. The largest absolute Gasteiger partial charge is 0.487 e. The molecule has 1 N–H and O–H groups in total. The summed E-state index contributed by atoms with van der Waals surface area (Å²) in [5.74, 6) is -1.26. The molecule has 12 heteroatoms. The number of rotatable bonds is 6. The lowest BCUT2D eigenvalue weighted by atomic mass is 10.2. The van der Waals surface area contributed by atoms with E-state index in [1.807, 2.05) is 12.0 Å². The smallest absolute Gasteiger partial charge is 0.453 e. The highest BCUT2D eigenvalue weighted by atomic mass is 32.1. The van der Waals surface area contributed by atoms with Crippen LogP contribution in [0.1, 0.15) is 24.7 Å². The van der Waals surface area contributed by atoms with Crippen molar-refractivity contribution in [3.63, 3.8) is 0 Å². The van der Waals surface area contributed by atoms with Crippen molar-refractivity contribution in [1.82, 2.24) is 14.9 Å². The van der Waals surface area contributed by atoms with E-state index in [-0.39, 0.29) is 21.8 Å². The molecular weight excluding hydrogens is 363 g/mol. The minimum absolute atomic E-state index is 0.0694. The Morgan fingerprint density at radius 1 is 1.52 bits per heavy atom. The maximum Gasteiger partial charge on any atom is 0.453 e. The molecule has 0 bridgehead atoms. The molecule has 0 saturated carbocycles. The molecule has 1 heterocycles. The molecule has 0 fully saturated rings.